The molecule has 8 heavy (non-hydrogen) atoms. The molecule has 2 aliphatic carbocycles. The van der Waals surface area contributed by atoms with Gasteiger partial charge in [0.15, 0.2) is 0 Å². The van der Waals surface area contributed by atoms with E-state index in [0.29, 0.717) is 0 Å². The highest BCUT2D eigenvalue weighted by Crippen LogP contribution is 2.52. The molecule has 0 N–H and O–H groups in total. The highest BCUT2D eigenvalue weighted by Gasteiger charge is 2.41. The van der Waals surface area contributed by atoms with Gasteiger partial charge in [0.25, 0.3) is 0 Å². The van der Waals surface area contributed by atoms with Crippen molar-refractivity contribution in [1.82, 2.24) is 0 Å². The first kappa shape index (κ1) is 4.84. The van der Waals surface area contributed by atoms with Gasteiger partial charge in [0.05, 0.1) is 0 Å². The Morgan fingerprint density at radius 1 is 1.38 bits per heavy atom. The molecule has 0 aromatic rings. The molecule has 2 rings (SSSR count). The third-order valence-electron chi connectivity index (χ3n) is 2.63. The van der Waals surface area contributed by atoms with E-state index in [-0.39, 0.29) is 0 Å². The fraction of sp³-hybridized carbons (Fsp3) is 0.875. The molecule has 0 heteroatoms. The number of hydrogen-bond acceptors (Lipinski definition) is 0. The molecule has 2 aliphatic rings. The SMILES string of the molecule is CC1CC1[C]1CCC1. The molecule has 0 nitrogen and oxygen atoms in total. The Labute approximate surface area is 51.3 Å². The van der Waals surface area contributed by atoms with Crippen LogP contribution >= 0.6 is 0 Å². The van der Waals surface area contributed by atoms with E-state index in [1.54, 1.807) is 0 Å². The summed E-state index contributed by atoms with van der Waals surface area (Å²) < 4.78 is 0. The molecule has 0 amide bonds. The third-order valence-corrected chi connectivity index (χ3v) is 2.63. The van der Waals surface area contributed by atoms with E-state index < -0.39 is 0 Å². The van der Waals surface area contributed by atoms with E-state index in [4.69, 9.17) is 0 Å². The van der Waals surface area contributed by atoms with Gasteiger partial charge in [-0.3, -0.25) is 0 Å². The zero-order chi connectivity index (χ0) is 5.56. The van der Waals surface area contributed by atoms with Crippen LogP contribution in [0, 0.1) is 17.8 Å². The third kappa shape index (κ3) is 0.586. The second kappa shape index (κ2) is 1.49. The lowest BCUT2D eigenvalue weighted by Gasteiger charge is -2.24. The zero-order valence-electron chi connectivity index (χ0n) is 5.48. The van der Waals surface area contributed by atoms with E-state index in [0.717, 1.165) is 11.8 Å². The summed E-state index contributed by atoms with van der Waals surface area (Å²) in [6, 6.07) is 0. The predicted octanol–water partition coefficient (Wildman–Crippen LogP) is 2.40. The lowest BCUT2D eigenvalue weighted by molar-refractivity contribution is 0.479. The maximum atomic E-state index is 2.37. The van der Waals surface area contributed by atoms with Crippen molar-refractivity contribution in [3.8, 4) is 0 Å². The fourth-order valence-electron chi connectivity index (χ4n) is 1.64. The quantitative estimate of drug-likeness (QED) is 0.485. The minimum atomic E-state index is 1.06. The predicted molar refractivity (Wildman–Crippen MR) is 34.4 cm³/mol. The molecular weight excluding hydrogens is 96.1 g/mol. The Kier molecular flexibility index (Phi) is 0.902. The molecule has 0 bridgehead atoms. The summed E-state index contributed by atoms with van der Waals surface area (Å²) in [7, 11) is 0. The van der Waals surface area contributed by atoms with Crippen molar-refractivity contribution in [3.05, 3.63) is 5.92 Å². The van der Waals surface area contributed by atoms with E-state index in [2.05, 4.69) is 6.92 Å². The first-order valence-corrected chi connectivity index (χ1v) is 3.72. The highest BCUT2D eigenvalue weighted by atomic mass is 14.5. The zero-order valence-corrected chi connectivity index (χ0v) is 5.48. The van der Waals surface area contributed by atoms with Crippen LogP contribution in [0.5, 0.6) is 0 Å². The topological polar surface area (TPSA) is 0 Å². The van der Waals surface area contributed by atoms with Crippen LogP contribution in [-0.2, 0) is 0 Å². The molecule has 2 fully saturated rings. The minimum absolute atomic E-state index is 1.06. The Hall–Kier alpha value is 0. The molecule has 0 aliphatic heterocycles. The van der Waals surface area contributed by atoms with Crippen molar-refractivity contribution in [2.45, 2.75) is 32.6 Å². The average Bonchev–Trinajstić information content (AvgIpc) is 2.13. The fourth-order valence-corrected chi connectivity index (χ4v) is 1.64. The summed E-state index contributed by atoms with van der Waals surface area (Å²) in [6.45, 7) is 2.37. The van der Waals surface area contributed by atoms with E-state index in [9.17, 15) is 0 Å². The van der Waals surface area contributed by atoms with Crippen molar-refractivity contribution in [1.29, 1.82) is 0 Å². The molecule has 2 saturated carbocycles. The number of hydrogen-bond donors (Lipinski definition) is 0. The van der Waals surface area contributed by atoms with Gasteiger partial charge >= 0.3 is 0 Å². The Morgan fingerprint density at radius 3 is 2.12 bits per heavy atom. The Balaban J connectivity index is 1.82. The first-order chi connectivity index (χ1) is 3.88. The van der Waals surface area contributed by atoms with Crippen LogP contribution in [0.3, 0.4) is 0 Å². The molecule has 45 valence electrons. The summed E-state index contributed by atoms with van der Waals surface area (Å²) in [6.07, 6.45) is 5.93. The van der Waals surface area contributed by atoms with Crippen molar-refractivity contribution in [2.24, 2.45) is 11.8 Å². The molecule has 0 aromatic heterocycles. The van der Waals surface area contributed by atoms with Gasteiger partial charge in [-0.1, -0.05) is 13.3 Å². The largest absolute Gasteiger partial charge is 0.0622 e. The van der Waals surface area contributed by atoms with Gasteiger partial charge in [-0.2, -0.15) is 0 Å². The molecule has 1 radical (unpaired) electrons. The molecule has 0 spiro atoms. The normalized spacial score (nSPS) is 46.1. The van der Waals surface area contributed by atoms with E-state index in [1.807, 2.05) is 5.92 Å². The van der Waals surface area contributed by atoms with Gasteiger partial charge in [0, 0.05) is 0 Å². The van der Waals surface area contributed by atoms with E-state index in [1.165, 1.54) is 25.7 Å². The molecule has 2 unspecified atom stereocenters. The van der Waals surface area contributed by atoms with Crippen LogP contribution in [0.15, 0.2) is 0 Å². The smallest absolute Gasteiger partial charge is 0.0207 e. The summed E-state index contributed by atoms with van der Waals surface area (Å²) >= 11 is 0. The van der Waals surface area contributed by atoms with Crippen LogP contribution < -0.4 is 0 Å². The second-order valence-corrected chi connectivity index (χ2v) is 3.33. The van der Waals surface area contributed by atoms with Crippen LogP contribution in [-0.4, -0.2) is 0 Å². The van der Waals surface area contributed by atoms with Crippen molar-refractivity contribution in [3.63, 3.8) is 0 Å². The van der Waals surface area contributed by atoms with Gasteiger partial charge < -0.3 is 0 Å². The van der Waals surface area contributed by atoms with E-state index >= 15 is 0 Å². The Bertz CT molecular complexity index is 89.5. The highest BCUT2D eigenvalue weighted by molar-refractivity contribution is 5.11. The molecule has 0 aromatic carbocycles. The summed E-state index contributed by atoms with van der Waals surface area (Å²) in [4.78, 5) is 0. The molecule has 0 heterocycles. The van der Waals surface area contributed by atoms with Crippen molar-refractivity contribution in [2.75, 3.05) is 0 Å². The van der Waals surface area contributed by atoms with Gasteiger partial charge in [0.1, 0.15) is 0 Å². The van der Waals surface area contributed by atoms with Crippen LogP contribution in [0.4, 0.5) is 0 Å². The average molecular weight is 109 g/mol. The maximum absolute atomic E-state index is 2.37. The second-order valence-electron chi connectivity index (χ2n) is 3.33. The standard InChI is InChI=1S/C8H13/c1-6-5-8(6)7-3-2-4-7/h6,8H,2-5H2,1H3. The van der Waals surface area contributed by atoms with Crippen LogP contribution in [0.25, 0.3) is 0 Å². The van der Waals surface area contributed by atoms with Crippen molar-refractivity contribution >= 4 is 0 Å². The summed E-state index contributed by atoms with van der Waals surface area (Å²) in [5, 5.41) is 0. The minimum Gasteiger partial charge on any atom is -0.0622 e. The summed E-state index contributed by atoms with van der Waals surface area (Å²) in [5.41, 5.74) is 0. The van der Waals surface area contributed by atoms with Crippen molar-refractivity contribution < 1.29 is 0 Å². The number of rotatable bonds is 1. The van der Waals surface area contributed by atoms with Crippen LogP contribution in [0.1, 0.15) is 32.6 Å². The summed E-state index contributed by atoms with van der Waals surface area (Å²) in [5.74, 6) is 4.03. The van der Waals surface area contributed by atoms with Crippen LogP contribution in [0.2, 0.25) is 0 Å². The van der Waals surface area contributed by atoms with Gasteiger partial charge in [0.2, 0.25) is 0 Å². The Morgan fingerprint density at radius 2 is 2.00 bits per heavy atom. The molecule has 0 saturated heterocycles. The molecule has 2 atom stereocenters. The lowest BCUT2D eigenvalue weighted by atomic mass is 9.81. The van der Waals surface area contributed by atoms with Gasteiger partial charge in [-0.15, -0.1) is 0 Å². The molecular formula is C8H13. The lowest BCUT2D eigenvalue weighted by Crippen LogP contribution is -2.10. The van der Waals surface area contributed by atoms with Gasteiger partial charge in [-0.25, -0.2) is 0 Å². The van der Waals surface area contributed by atoms with Gasteiger partial charge in [-0.05, 0) is 37.0 Å². The first-order valence-electron chi connectivity index (χ1n) is 3.72. The maximum Gasteiger partial charge on any atom is -0.0207 e. The monoisotopic (exact) mass is 109 g/mol.